The van der Waals surface area contributed by atoms with Gasteiger partial charge in [-0.25, -0.2) is 9.97 Å². The van der Waals surface area contributed by atoms with Gasteiger partial charge in [-0.2, -0.15) is 0 Å². The Balaban J connectivity index is 1.72. The van der Waals surface area contributed by atoms with Gasteiger partial charge in [0.25, 0.3) is 0 Å². The maximum absolute atomic E-state index is 13.0. The monoisotopic (exact) mass is 525 g/mol. The first-order valence-electron chi connectivity index (χ1n) is 11.1. The second-order valence-corrected chi connectivity index (χ2v) is 8.98. The molecule has 0 aliphatic carbocycles. The van der Waals surface area contributed by atoms with Gasteiger partial charge in [0.05, 0.1) is 23.3 Å². The highest BCUT2D eigenvalue weighted by atomic mass is 79.9. The molecule has 0 fully saturated rings. The quantitative estimate of drug-likeness (QED) is 0.243. The summed E-state index contributed by atoms with van der Waals surface area (Å²) in [6.07, 6.45) is 1.40. The normalized spacial score (nSPS) is 11.0. The molecule has 3 aromatic carbocycles. The Morgan fingerprint density at radius 3 is 1.97 bits per heavy atom. The van der Waals surface area contributed by atoms with E-state index in [4.69, 9.17) is 15.1 Å². The number of carboxylic acid groups (broad SMARTS) is 1. The molecule has 172 valence electrons. The van der Waals surface area contributed by atoms with E-state index in [9.17, 15) is 9.59 Å². The number of aromatic nitrogens is 3. The fourth-order valence-corrected chi connectivity index (χ4v) is 4.36. The van der Waals surface area contributed by atoms with E-state index in [1.165, 1.54) is 0 Å². The number of benzene rings is 3. The fraction of sp³-hybridized carbons (Fsp3) is 0.0714. The minimum atomic E-state index is -1.00. The van der Waals surface area contributed by atoms with Gasteiger partial charge < -0.3 is 5.11 Å². The average molecular weight is 526 g/mol. The molecule has 0 amide bonds. The highest BCUT2D eigenvalue weighted by Gasteiger charge is 2.19. The molecule has 0 atom stereocenters. The number of Topliss-reactive ketones (excluding diaryl/α,β-unsaturated/α-hetero) is 1. The molecule has 0 aliphatic rings. The van der Waals surface area contributed by atoms with Gasteiger partial charge in [0, 0.05) is 39.2 Å². The molecule has 0 spiro atoms. The Labute approximate surface area is 210 Å². The van der Waals surface area contributed by atoms with Crippen molar-refractivity contribution in [1.82, 2.24) is 14.5 Å². The molecule has 1 N–H and O–H groups in total. The third-order valence-electron chi connectivity index (χ3n) is 5.70. The number of hydrogen-bond donors (Lipinski definition) is 1. The van der Waals surface area contributed by atoms with Crippen molar-refractivity contribution < 1.29 is 14.7 Å². The van der Waals surface area contributed by atoms with Crippen LogP contribution in [0.4, 0.5) is 0 Å². The summed E-state index contributed by atoms with van der Waals surface area (Å²) in [7, 11) is 0. The van der Waals surface area contributed by atoms with E-state index >= 15 is 0 Å². The lowest BCUT2D eigenvalue weighted by atomic mass is 10.1. The molecule has 0 bridgehead atoms. The molecule has 0 aliphatic heterocycles. The molecular weight excluding hydrogens is 506 g/mol. The highest BCUT2D eigenvalue weighted by molar-refractivity contribution is 9.10. The Morgan fingerprint density at radius 1 is 0.800 bits per heavy atom. The van der Waals surface area contributed by atoms with E-state index in [0.29, 0.717) is 16.9 Å². The topological polar surface area (TPSA) is 85.1 Å². The maximum atomic E-state index is 13.0. The lowest BCUT2D eigenvalue weighted by Gasteiger charge is -2.10. The number of halogens is 1. The van der Waals surface area contributed by atoms with Crippen LogP contribution in [0.2, 0.25) is 0 Å². The third kappa shape index (κ3) is 4.76. The molecule has 5 aromatic rings. The number of ketones is 1. The molecule has 2 aromatic heterocycles. The van der Waals surface area contributed by atoms with Gasteiger partial charge in [0.1, 0.15) is 0 Å². The van der Waals surface area contributed by atoms with Gasteiger partial charge in [-0.3, -0.25) is 14.2 Å². The standard InChI is InChI=1S/C28H20BrN3O3/c29-20-11-12-25-21(15-20)22(26(33)13-14-27(34)35)17-32(25)28-30-23(18-7-3-1-4-8-18)16-24(31-28)19-9-5-2-6-10-19/h1-12,15-17H,13-14H2,(H,34,35). The van der Waals surface area contributed by atoms with Gasteiger partial charge in [-0.1, -0.05) is 76.6 Å². The molecular formula is C28H20BrN3O3. The summed E-state index contributed by atoms with van der Waals surface area (Å²) in [5.74, 6) is -0.818. The van der Waals surface area contributed by atoms with Crippen molar-refractivity contribution in [2.45, 2.75) is 12.8 Å². The van der Waals surface area contributed by atoms with Crippen LogP contribution < -0.4 is 0 Å². The molecule has 0 unspecified atom stereocenters. The van der Waals surface area contributed by atoms with E-state index in [2.05, 4.69) is 15.9 Å². The second-order valence-electron chi connectivity index (χ2n) is 8.06. The molecule has 6 nitrogen and oxygen atoms in total. The zero-order valence-electron chi connectivity index (χ0n) is 18.6. The van der Waals surface area contributed by atoms with E-state index < -0.39 is 5.97 Å². The van der Waals surface area contributed by atoms with Crippen molar-refractivity contribution in [2.75, 3.05) is 0 Å². The number of carboxylic acids is 1. The average Bonchev–Trinajstić information content (AvgIpc) is 3.27. The summed E-state index contributed by atoms with van der Waals surface area (Å²) in [4.78, 5) is 33.7. The van der Waals surface area contributed by atoms with Crippen LogP contribution in [0.3, 0.4) is 0 Å². The summed E-state index contributed by atoms with van der Waals surface area (Å²) in [5, 5.41) is 9.76. The molecule has 0 saturated heterocycles. The minimum absolute atomic E-state index is 0.0822. The predicted molar refractivity (Wildman–Crippen MR) is 139 cm³/mol. The van der Waals surface area contributed by atoms with Crippen molar-refractivity contribution in [3.05, 3.63) is 101 Å². The number of rotatable bonds is 7. The SMILES string of the molecule is O=C(O)CCC(=O)c1cn(-c2nc(-c3ccccc3)cc(-c3ccccc3)n2)c2ccc(Br)cc12. The van der Waals surface area contributed by atoms with Crippen LogP contribution in [0.1, 0.15) is 23.2 Å². The van der Waals surface area contributed by atoms with E-state index in [1.54, 1.807) is 10.8 Å². The summed E-state index contributed by atoms with van der Waals surface area (Å²) < 4.78 is 2.62. The van der Waals surface area contributed by atoms with Crippen LogP contribution in [0, 0.1) is 0 Å². The number of hydrogen-bond acceptors (Lipinski definition) is 4. The fourth-order valence-electron chi connectivity index (χ4n) is 4.00. The lowest BCUT2D eigenvalue weighted by Crippen LogP contribution is -2.04. The van der Waals surface area contributed by atoms with Crippen LogP contribution in [-0.4, -0.2) is 31.4 Å². The van der Waals surface area contributed by atoms with Gasteiger partial charge in [0.2, 0.25) is 5.95 Å². The van der Waals surface area contributed by atoms with Gasteiger partial charge >= 0.3 is 5.97 Å². The summed E-state index contributed by atoms with van der Waals surface area (Å²) in [6, 6.07) is 27.3. The number of carbonyl (C=O) groups excluding carboxylic acids is 1. The van der Waals surface area contributed by atoms with Crippen LogP contribution in [0.15, 0.2) is 95.6 Å². The van der Waals surface area contributed by atoms with Crippen LogP contribution in [-0.2, 0) is 4.79 Å². The highest BCUT2D eigenvalue weighted by Crippen LogP contribution is 2.30. The largest absolute Gasteiger partial charge is 0.481 e. The first-order chi connectivity index (χ1) is 17.0. The Bertz CT molecular complexity index is 1490. The van der Waals surface area contributed by atoms with Gasteiger partial charge in [0.15, 0.2) is 5.78 Å². The number of fused-ring (bicyclic) bond motifs is 1. The lowest BCUT2D eigenvalue weighted by molar-refractivity contribution is -0.136. The Morgan fingerprint density at radius 2 is 1.40 bits per heavy atom. The van der Waals surface area contributed by atoms with Gasteiger partial charge in [-0.15, -0.1) is 0 Å². The number of aliphatic carboxylic acids is 1. The molecule has 7 heteroatoms. The van der Waals surface area contributed by atoms with Crippen LogP contribution in [0.5, 0.6) is 0 Å². The van der Waals surface area contributed by atoms with Crippen LogP contribution >= 0.6 is 15.9 Å². The summed E-state index contributed by atoms with van der Waals surface area (Å²) in [5.41, 5.74) is 4.61. The van der Waals surface area contributed by atoms with Crippen molar-refractivity contribution in [3.63, 3.8) is 0 Å². The van der Waals surface area contributed by atoms with Crippen molar-refractivity contribution in [1.29, 1.82) is 0 Å². The summed E-state index contributed by atoms with van der Waals surface area (Å²) >= 11 is 3.48. The van der Waals surface area contributed by atoms with Crippen molar-refractivity contribution in [3.8, 4) is 28.5 Å². The first kappa shape index (κ1) is 22.7. The van der Waals surface area contributed by atoms with E-state index in [0.717, 1.165) is 32.5 Å². The molecule has 0 radical (unpaired) electrons. The van der Waals surface area contributed by atoms with Crippen molar-refractivity contribution in [2.24, 2.45) is 0 Å². The van der Waals surface area contributed by atoms with Gasteiger partial charge in [-0.05, 0) is 24.3 Å². The molecule has 5 rings (SSSR count). The smallest absolute Gasteiger partial charge is 0.303 e. The zero-order valence-corrected chi connectivity index (χ0v) is 20.1. The van der Waals surface area contributed by atoms with E-state index in [-0.39, 0.29) is 18.6 Å². The predicted octanol–water partition coefficient (Wildman–Crippen LogP) is 6.56. The number of carbonyl (C=O) groups is 2. The third-order valence-corrected chi connectivity index (χ3v) is 6.20. The van der Waals surface area contributed by atoms with Crippen LogP contribution in [0.25, 0.3) is 39.4 Å². The Kier molecular flexibility index (Phi) is 6.25. The zero-order chi connectivity index (χ0) is 24.4. The number of nitrogens with zero attached hydrogens (tertiary/aromatic N) is 3. The Hall–Kier alpha value is -4.10. The maximum Gasteiger partial charge on any atom is 0.303 e. The molecule has 0 saturated carbocycles. The minimum Gasteiger partial charge on any atom is -0.481 e. The molecule has 35 heavy (non-hydrogen) atoms. The molecule has 2 heterocycles. The summed E-state index contributed by atoms with van der Waals surface area (Å²) in [6.45, 7) is 0. The first-order valence-corrected chi connectivity index (χ1v) is 11.8. The second kappa shape index (κ2) is 9.64. The van der Waals surface area contributed by atoms with Crippen molar-refractivity contribution >= 4 is 38.6 Å². The van der Waals surface area contributed by atoms with E-state index in [1.807, 2.05) is 84.9 Å².